The Labute approximate surface area is 368 Å². The van der Waals surface area contributed by atoms with E-state index in [1.54, 1.807) is 18.3 Å². The summed E-state index contributed by atoms with van der Waals surface area (Å²) < 4.78 is 60.3. The maximum atomic E-state index is 14.1. The normalized spacial score (nSPS) is 16.9. The van der Waals surface area contributed by atoms with Crippen LogP contribution in [-0.4, -0.2) is 18.0 Å². The zero-order valence-electron chi connectivity index (χ0n) is 39.0. The van der Waals surface area contributed by atoms with Crippen LogP contribution in [0.4, 0.5) is 21.5 Å². The molecular weight excluding hydrogens is 928 g/mol. The van der Waals surface area contributed by atoms with Crippen molar-refractivity contribution in [3.63, 3.8) is 0 Å². The second-order valence-corrected chi connectivity index (χ2v) is 22.4. The summed E-state index contributed by atoms with van der Waals surface area (Å²) in [6.45, 7) is 8.88. The molecule has 0 bridgehead atoms. The van der Waals surface area contributed by atoms with Gasteiger partial charge < -0.3 is 15.2 Å². The van der Waals surface area contributed by atoms with E-state index in [0.717, 1.165) is 49.0 Å². The third kappa shape index (κ3) is 6.90. The van der Waals surface area contributed by atoms with Crippen LogP contribution in [0, 0.1) is 38.6 Å². The van der Waals surface area contributed by atoms with Crippen molar-refractivity contribution in [2.24, 2.45) is 0 Å². The van der Waals surface area contributed by atoms with Gasteiger partial charge in [0.2, 0.25) is 0 Å². The molecule has 8 aromatic rings. The van der Waals surface area contributed by atoms with Gasteiger partial charge in [-0.15, -0.1) is 34.8 Å². The number of hydrogen-bond acceptors (Lipinski definition) is 4. The molecule has 4 nitrogen and oxygen atoms in total. The number of para-hydroxylation sites is 2. The molecule has 1 atom stereocenters. The Morgan fingerprint density at radius 3 is 2.41 bits per heavy atom. The Balaban J connectivity index is 0.000000216. The number of thiophene rings is 1. The van der Waals surface area contributed by atoms with Crippen molar-refractivity contribution < 1.29 is 32.7 Å². The predicted molar refractivity (Wildman–Crippen MR) is 240 cm³/mol. The van der Waals surface area contributed by atoms with E-state index in [1.165, 1.54) is 50.4 Å². The van der Waals surface area contributed by atoms with E-state index >= 15 is 0 Å². The van der Waals surface area contributed by atoms with Gasteiger partial charge in [-0.25, -0.2) is 4.98 Å². The molecule has 10 rings (SSSR count). The fourth-order valence-electron chi connectivity index (χ4n) is 8.09. The van der Waals surface area contributed by atoms with Crippen molar-refractivity contribution in [1.82, 2.24) is 9.97 Å². The Kier molecular flexibility index (Phi) is 8.51. The van der Waals surface area contributed by atoms with Crippen molar-refractivity contribution in [2.45, 2.75) is 65.7 Å². The van der Waals surface area contributed by atoms with Crippen molar-refractivity contribution in [2.75, 3.05) is 4.90 Å². The first kappa shape index (κ1) is 32.9. The van der Waals surface area contributed by atoms with E-state index < -0.39 is 27.6 Å². The monoisotopic (exact) mass is 978 g/mol. The summed E-state index contributed by atoms with van der Waals surface area (Å²) >= 11 is 1.50. The molecule has 290 valence electrons. The molecule has 2 aliphatic rings. The van der Waals surface area contributed by atoms with E-state index in [-0.39, 0.29) is 48.5 Å². The number of halogens is 1. The van der Waals surface area contributed by atoms with Gasteiger partial charge in [-0.05, 0) is 88.3 Å². The van der Waals surface area contributed by atoms with E-state index in [9.17, 15) is 4.39 Å². The third-order valence-corrected chi connectivity index (χ3v) is 14.2. The summed E-state index contributed by atoms with van der Waals surface area (Å²) in [5.41, 5.74) is 11.3. The van der Waals surface area contributed by atoms with E-state index in [0.29, 0.717) is 5.69 Å². The van der Waals surface area contributed by atoms with Gasteiger partial charge in [-0.3, -0.25) is 4.39 Å². The number of rotatable bonds is 4. The molecule has 1 unspecified atom stereocenters. The smallest absolute Gasteiger partial charge is 0.661 e. The number of fused-ring (bicyclic) bond motifs is 7. The summed E-state index contributed by atoms with van der Waals surface area (Å²) in [7, 11) is -1.45. The van der Waals surface area contributed by atoms with Gasteiger partial charge in [0, 0.05) is 42.7 Å². The van der Waals surface area contributed by atoms with Crippen molar-refractivity contribution in [3.05, 3.63) is 172 Å². The molecule has 8 heteroatoms. The summed E-state index contributed by atoms with van der Waals surface area (Å²) in [5.74, 6) is -0.614. The number of anilines is 2. The Bertz CT molecular complexity index is 3090. The van der Waals surface area contributed by atoms with Crippen molar-refractivity contribution in [1.29, 1.82) is 0 Å². The Morgan fingerprint density at radius 1 is 0.845 bits per heavy atom. The Hall–Kier alpha value is -4.98. The molecule has 0 saturated heterocycles. The molecule has 5 aromatic carbocycles. The number of aromatic nitrogens is 2. The topological polar surface area (TPSA) is 43.1 Å². The van der Waals surface area contributed by atoms with Gasteiger partial charge in [0.25, 0.3) is 0 Å². The molecule has 3 aromatic heterocycles. The van der Waals surface area contributed by atoms with Crippen LogP contribution >= 0.6 is 11.3 Å². The quantitative estimate of drug-likeness (QED) is 0.130. The number of nitrogens with zero attached hydrogens (tertiary/aromatic N) is 4. The maximum Gasteiger partial charge on any atom is 3.00 e. The maximum absolute atomic E-state index is 14.1. The zero-order valence-corrected chi connectivity index (χ0v) is 37.2. The van der Waals surface area contributed by atoms with Gasteiger partial charge in [0.05, 0.1) is 8.07 Å². The van der Waals surface area contributed by atoms with Gasteiger partial charge in [0.1, 0.15) is 4.83 Å². The molecule has 1 aliphatic carbocycles. The van der Waals surface area contributed by atoms with Crippen LogP contribution in [0.1, 0.15) is 61.7 Å². The van der Waals surface area contributed by atoms with Crippen LogP contribution in [0.25, 0.3) is 48.0 Å². The first-order chi connectivity index (χ1) is 29.7. The Morgan fingerprint density at radius 2 is 1.66 bits per heavy atom. The van der Waals surface area contributed by atoms with Crippen LogP contribution < -0.4 is 10.1 Å². The van der Waals surface area contributed by atoms with Crippen LogP contribution in [0.2, 0.25) is 19.6 Å². The van der Waals surface area contributed by atoms with E-state index in [4.69, 9.17) is 13.5 Å². The molecule has 1 aliphatic heterocycles. The molecule has 0 saturated carbocycles. The fourth-order valence-corrected chi connectivity index (χ4v) is 10.2. The fraction of sp³-hybridized carbons (Fsp3) is 0.200. The van der Waals surface area contributed by atoms with Gasteiger partial charge in [-0.2, -0.15) is 35.1 Å². The van der Waals surface area contributed by atoms with Gasteiger partial charge in [-0.1, -0.05) is 111 Å². The SMILES string of the molecule is [2H]C([2H])([2H])c1c[c-]c(-c2ccc([Si](C)(C)C)cn2)c(F)c1.[2H]C([2H])([2H])c1ccc2c(n1)sc1c[c-]c(C3[N-]c4ccccc4N3c3cc4c(cc3C)-c3ccccc3C4(C)C)cc12.[Ir+3]. The number of pyridine rings is 2. The summed E-state index contributed by atoms with van der Waals surface area (Å²) in [6, 6.07) is 41.7. The van der Waals surface area contributed by atoms with Crippen LogP contribution in [0.3, 0.4) is 0 Å². The second-order valence-electron chi connectivity index (χ2n) is 16.3. The second kappa shape index (κ2) is 15.0. The molecular formula is C50H44FIrN4SSi. The largest absolute Gasteiger partial charge is 3.00 e. The van der Waals surface area contributed by atoms with Crippen LogP contribution in [0.5, 0.6) is 0 Å². The zero-order chi connectivity index (χ0) is 44.8. The molecule has 0 spiro atoms. The van der Waals surface area contributed by atoms with Crippen molar-refractivity contribution in [3.8, 4) is 22.4 Å². The minimum absolute atomic E-state index is 0. The van der Waals surface area contributed by atoms with E-state index in [2.05, 4.69) is 128 Å². The number of aryl methyl sites for hydroxylation is 3. The number of benzene rings is 5. The summed E-state index contributed by atoms with van der Waals surface area (Å²) in [4.78, 5) is 11.9. The van der Waals surface area contributed by atoms with Crippen LogP contribution in [0.15, 0.2) is 115 Å². The molecule has 0 N–H and O–H groups in total. The average Bonchev–Trinajstić information content (AvgIpc) is 3.87. The average molecular weight is 978 g/mol. The van der Waals surface area contributed by atoms with Crippen molar-refractivity contribution >= 4 is 62.0 Å². The van der Waals surface area contributed by atoms with Crippen LogP contribution in [-0.2, 0) is 25.5 Å². The minimum Gasteiger partial charge on any atom is -0.661 e. The molecule has 58 heavy (non-hydrogen) atoms. The molecule has 0 amide bonds. The van der Waals surface area contributed by atoms with Gasteiger partial charge >= 0.3 is 20.1 Å². The summed E-state index contributed by atoms with van der Waals surface area (Å²) in [5, 5.41) is 8.40. The molecule has 4 heterocycles. The van der Waals surface area contributed by atoms with E-state index in [1.807, 2.05) is 24.3 Å². The summed E-state index contributed by atoms with van der Waals surface area (Å²) in [6.07, 6.45) is 1.48. The third-order valence-electron chi connectivity index (χ3n) is 11.2. The predicted octanol–water partition coefficient (Wildman–Crippen LogP) is 13.6. The first-order valence-corrected chi connectivity index (χ1v) is 23.3. The van der Waals surface area contributed by atoms with Gasteiger partial charge in [0.15, 0.2) is 0 Å². The number of hydrogen-bond donors (Lipinski definition) is 0. The first-order valence-electron chi connectivity index (χ1n) is 22.0. The minimum atomic E-state index is -2.33. The molecule has 0 fully saturated rings. The standard InChI is InChI=1S/C35H27N3S.C15H17FNSi.Ir/c1-20-17-25-23-9-5-6-10-27(23)35(3,4)28(25)19-31(20)38-30-12-8-7-11-29(30)37-33(38)22-14-16-32-26(18-22)24-15-13-21(2)36-34(24)39-32;1-11-5-7-13(14(16)9-11)15-8-6-12(10-17-15)18(2,3)4;/h5-13,15-19,33H,1-4H3;5-6,8-10H,1-4H3;/q-2;-1;+3/i2D3;1D3;. The molecule has 0 radical (unpaired) electrons.